The molecule has 1 saturated carbocycles. The second kappa shape index (κ2) is 5.87. The summed E-state index contributed by atoms with van der Waals surface area (Å²) in [5.41, 5.74) is 2.70. The molecule has 5 heteroatoms. The van der Waals surface area contributed by atoms with Crippen molar-refractivity contribution >= 4 is 12.0 Å². The monoisotopic (exact) mass is 315 g/mol. The summed E-state index contributed by atoms with van der Waals surface area (Å²) in [6.45, 7) is 4.51. The highest BCUT2D eigenvalue weighted by atomic mass is 19.1. The SMILES string of the molecule is Cc1ncc(N(C)C[C@@]2(C3=CC(F)=CCC3)C[C@H]2C=O)c(C)n1. The standard InChI is InChI=1S/C18H22FN3O/c1-12-17(9-20-13(2)21-12)22(3)11-18(8-15(18)10-23)14-5-4-6-16(19)7-14/h6-7,9-10,15H,4-5,8,11H2,1-3H3/t15-,18+/m0/s1. The van der Waals surface area contributed by atoms with Gasteiger partial charge in [0.25, 0.3) is 0 Å². The normalized spacial score (nSPS) is 26.3. The summed E-state index contributed by atoms with van der Waals surface area (Å²) in [4.78, 5) is 22.1. The van der Waals surface area contributed by atoms with E-state index in [1.54, 1.807) is 12.2 Å². The van der Waals surface area contributed by atoms with Crippen molar-refractivity contribution in [2.24, 2.45) is 11.3 Å². The number of carbonyl (C=O) groups is 1. The number of carbonyl (C=O) groups excluding carboxylic acids is 1. The Bertz CT molecular complexity index is 698. The molecule has 0 N–H and O–H groups in total. The Morgan fingerprint density at radius 3 is 2.87 bits per heavy atom. The maximum atomic E-state index is 13.7. The van der Waals surface area contributed by atoms with Gasteiger partial charge in [-0.2, -0.15) is 0 Å². The van der Waals surface area contributed by atoms with Gasteiger partial charge in [-0.25, -0.2) is 14.4 Å². The van der Waals surface area contributed by atoms with Crippen LogP contribution in [-0.4, -0.2) is 29.8 Å². The van der Waals surface area contributed by atoms with Crippen molar-refractivity contribution in [3.05, 3.63) is 41.3 Å². The van der Waals surface area contributed by atoms with Crippen molar-refractivity contribution in [2.75, 3.05) is 18.5 Å². The van der Waals surface area contributed by atoms with Crippen molar-refractivity contribution in [3.8, 4) is 0 Å². The van der Waals surface area contributed by atoms with Crippen LogP contribution < -0.4 is 4.90 Å². The number of hydrogen-bond donors (Lipinski definition) is 0. The molecule has 2 aliphatic carbocycles. The van der Waals surface area contributed by atoms with Crippen LogP contribution in [0.4, 0.5) is 10.1 Å². The summed E-state index contributed by atoms with van der Waals surface area (Å²) in [7, 11) is 1.98. The predicted octanol–water partition coefficient (Wildman–Crippen LogP) is 3.31. The molecule has 0 unspecified atom stereocenters. The quantitative estimate of drug-likeness (QED) is 0.782. The fraction of sp³-hybridized carbons (Fsp3) is 0.500. The molecule has 1 aromatic rings. The van der Waals surface area contributed by atoms with Crippen LogP contribution in [0.2, 0.25) is 0 Å². The van der Waals surface area contributed by atoms with Crippen LogP contribution in [0.1, 0.15) is 30.8 Å². The summed E-state index contributed by atoms with van der Waals surface area (Å²) in [5.74, 6) is 0.544. The minimum atomic E-state index is -0.237. The maximum Gasteiger partial charge on any atom is 0.125 e. The number of anilines is 1. The zero-order valence-corrected chi connectivity index (χ0v) is 13.8. The van der Waals surface area contributed by atoms with E-state index in [1.165, 1.54) is 0 Å². The van der Waals surface area contributed by atoms with E-state index in [9.17, 15) is 9.18 Å². The minimum absolute atomic E-state index is 0.0197. The number of hydrogen-bond acceptors (Lipinski definition) is 4. The number of nitrogens with zero attached hydrogens (tertiary/aromatic N) is 3. The Morgan fingerprint density at radius 1 is 1.48 bits per heavy atom. The smallest absolute Gasteiger partial charge is 0.125 e. The molecule has 3 rings (SSSR count). The first-order valence-electron chi connectivity index (χ1n) is 7.99. The van der Waals surface area contributed by atoms with Gasteiger partial charge >= 0.3 is 0 Å². The van der Waals surface area contributed by atoms with E-state index in [4.69, 9.17) is 0 Å². The van der Waals surface area contributed by atoms with E-state index in [1.807, 2.05) is 27.1 Å². The zero-order chi connectivity index (χ0) is 16.6. The molecule has 0 aliphatic heterocycles. The third kappa shape index (κ3) is 2.92. The first-order chi connectivity index (χ1) is 11.0. The molecule has 1 heterocycles. The van der Waals surface area contributed by atoms with Gasteiger partial charge in [0.2, 0.25) is 0 Å². The Morgan fingerprint density at radius 2 is 2.26 bits per heavy atom. The van der Waals surface area contributed by atoms with Crippen LogP contribution >= 0.6 is 0 Å². The van der Waals surface area contributed by atoms with Gasteiger partial charge in [-0.3, -0.25) is 0 Å². The number of halogens is 1. The molecular weight excluding hydrogens is 293 g/mol. The van der Waals surface area contributed by atoms with Gasteiger partial charge in [0.15, 0.2) is 0 Å². The molecule has 1 fully saturated rings. The lowest BCUT2D eigenvalue weighted by Gasteiger charge is -2.29. The van der Waals surface area contributed by atoms with Crippen LogP contribution in [0.5, 0.6) is 0 Å². The molecule has 0 saturated heterocycles. The van der Waals surface area contributed by atoms with E-state index >= 15 is 0 Å². The lowest BCUT2D eigenvalue weighted by Crippen LogP contribution is -2.30. The van der Waals surface area contributed by atoms with Crippen LogP contribution in [0, 0.1) is 25.2 Å². The molecule has 122 valence electrons. The molecule has 4 nitrogen and oxygen atoms in total. The maximum absolute atomic E-state index is 13.7. The van der Waals surface area contributed by atoms with Crippen LogP contribution in [0.25, 0.3) is 0 Å². The van der Waals surface area contributed by atoms with E-state index < -0.39 is 0 Å². The highest BCUT2D eigenvalue weighted by Crippen LogP contribution is 2.59. The summed E-state index contributed by atoms with van der Waals surface area (Å²) < 4.78 is 13.7. The van der Waals surface area contributed by atoms with Crippen molar-refractivity contribution in [1.82, 2.24) is 9.97 Å². The number of rotatable bonds is 5. The topological polar surface area (TPSA) is 46.1 Å². The molecule has 0 amide bonds. The summed E-state index contributed by atoms with van der Waals surface area (Å²) in [6.07, 6.45) is 8.40. The molecule has 0 spiro atoms. The van der Waals surface area contributed by atoms with Crippen molar-refractivity contribution in [3.63, 3.8) is 0 Å². The number of allylic oxidation sites excluding steroid dienone is 3. The average Bonchev–Trinajstić information content (AvgIpc) is 3.21. The summed E-state index contributed by atoms with van der Waals surface area (Å²) in [5, 5.41) is 0. The molecule has 0 radical (unpaired) electrons. The average molecular weight is 315 g/mol. The first kappa shape index (κ1) is 15.8. The van der Waals surface area contributed by atoms with E-state index in [-0.39, 0.29) is 17.2 Å². The van der Waals surface area contributed by atoms with E-state index in [0.29, 0.717) is 13.0 Å². The molecule has 0 aromatic carbocycles. The second-order valence-corrected chi connectivity index (χ2v) is 6.64. The van der Waals surface area contributed by atoms with Crippen molar-refractivity contribution < 1.29 is 9.18 Å². The third-order valence-electron chi connectivity index (χ3n) is 5.01. The lowest BCUT2D eigenvalue weighted by atomic mass is 9.86. The predicted molar refractivity (Wildman–Crippen MR) is 87.9 cm³/mol. The molecule has 2 atom stereocenters. The van der Waals surface area contributed by atoms with Crippen molar-refractivity contribution in [2.45, 2.75) is 33.1 Å². The van der Waals surface area contributed by atoms with Gasteiger partial charge < -0.3 is 9.69 Å². The van der Waals surface area contributed by atoms with Gasteiger partial charge in [0.05, 0.1) is 17.6 Å². The lowest BCUT2D eigenvalue weighted by molar-refractivity contribution is -0.109. The van der Waals surface area contributed by atoms with Crippen LogP contribution in [0.3, 0.4) is 0 Å². The summed E-state index contributed by atoms with van der Waals surface area (Å²) >= 11 is 0. The Kier molecular flexibility index (Phi) is 4.04. The Labute approximate surface area is 136 Å². The minimum Gasteiger partial charge on any atom is -0.371 e. The Balaban J connectivity index is 1.86. The van der Waals surface area contributed by atoms with Gasteiger partial charge in [-0.15, -0.1) is 0 Å². The number of aryl methyl sites for hydroxylation is 2. The fourth-order valence-corrected chi connectivity index (χ4v) is 3.68. The van der Waals surface area contributed by atoms with Gasteiger partial charge in [0.1, 0.15) is 17.9 Å². The van der Waals surface area contributed by atoms with Crippen LogP contribution in [0.15, 0.2) is 29.7 Å². The molecule has 2 aliphatic rings. The Hall–Kier alpha value is -2.04. The van der Waals surface area contributed by atoms with E-state index in [2.05, 4.69) is 14.9 Å². The third-order valence-corrected chi connectivity index (χ3v) is 5.01. The number of aromatic nitrogens is 2. The summed E-state index contributed by atoms with van der Waals surface area (Å²) in [6, 6.07) is 0. The van der Waals surface area contributed by atoms with Gasteiger partial charge in [0, 0.05) is 24.9 Å². The second-order valence-electron chi connectivity index (χ2n) is 6.64. The molecule has 0 bridgehead atoms. The molecule has 1 aromatic heterocycles. The largest absolute Gasteiger partial charge is 0.371 e. The van der Waals surface area contributed by atoms with Crippen LogP contribution in [-0.2, 0) is 4.79 Å². The molecule has 23 heavy (non-hydrogen) atoms. The van der Waals surface area contributed by atoms with Crippen molar-refractivity contribution in [1.29, 1.82) is 0 Å². The molecular formula is C18H22FN3O. The first-order valence-corrected chi connectivity index (χ1v) is 7.99. The zero-order valence-electron chi connectivity index (χ0n) is 13.8. The van der Waals surface area contributed by atoms with E-state index in [0.717, 1.165) is 41.9 Å². The van der Waals surface area contributed by atoms with Gasteiger partial charge in [-0.05, 0) is 45.3 Å². The number of aldehydes is 1. The fourth-order valence-electron chi connectivity index (χ4n) is 3.68. The van der Waals surface area contributed by atoms with Gasteiger partial charge in [-0.1, -0.05) is 5.57 Å². The highest BCUT2D eigenvalue weighted by Gasteiger charge is 2.57. The highest BCUT2D eigenvalue weighted by molar-refractivity contribution is 5.64.